The van der Waals surface area contributed by atoms with Crippen LogP contribution in [0.25, 0.3) is 0 Å². The van der Waals surface area contributed by atoms with Crippen LogP contribution in [0.1, 0.15) is 70.1 Å². The summed E-state index contributed by atoms with van der Waals surface area (Å²) in [6, 6.07) is 3.87. The lowest BCUT2D eigenvalue weighted by Gasteiger charge is -2.42. The van der Waals surface area contributed by atoms with Gasteiger partial charge in [0.1, 0.15) is 11.5 Å². The highest BCUT2D eigenvalue weighted by Crippen LogP contribution is 2.44. The molecule has 1 fully saturated rings. The fraction of sp³-hybridized carbons (Fsp3) is 0.708. The van der Waals surface area contributed by atoms with E-state index in [0.29, 0.717) is 11.5 Å². The standard InChI is InChI=1S/C24H40O6Si/c1-16-19(27-5)13-17(14-20(16)28-6)23(30-31(7,8)24(2,3)4)21(15-22(25)26)29-18-11-9-10-12-18/h13-14,18,21,23H,9-12,15H2,1-8H3,(H,25,26)/t21-,23+/m0/s1. The van der Waals surface area contributed by atoms with Crippen LogP contribution >= 0.6 is 0 Å². The number of carboxylic acids is 1. The molecule has 6 nitrogen and oxygen atoms in total. The van der Waals surface area contributed by atoms with Gasteiger partial charge in [0.2, 0.25) is 0 Å². The van der Waals surface area contributed by atoms with Crippen molar-refractivity contribution in [3.05, 3.63) is 23.3 Å². The summed E-state index contributed by atoms with van der Waals surface area (Å²) in [6.45, 7) is 12.8. The van der Waals surface area contributed by atoms with E-state index in [4.69, 9.17) is 18.6 Å². The van der Waals surface area contributed by atoms with E-state index in [-0.39, 0.29) is 17.6 Å². The summed E-state index contributed by atoms with van der Waals surface area (Å²) in [5, 5.41) is 9.65. The highest BCUT2D eigenvalue weighted by Gasteiger charge is 2.43. The normalized spacial score (nSPS) is 17.4. The van der Waals surface area contributed by atoms with Crippen LogP contribution in [-0.2, 0) is 14.0 Å². The number of carboxylic acid groups (broad SMARTS) is 1. The molecule has 0 aromatic heterocycles. The van der Waals surface area contributed by atoms with Crippen molar-refractivity contribution in [1.82, 2.24) is 0 Å². The van der Waals surface area contributed by atoms with E-state index in [9.17, 15) is 9.90 Å². The van der Waals surface area contributed by atoms with Crippen LogP contribution in [0, 0.1) is 6.92 Å². The Bertz CT molecular complexity index is 724. The maximum Gasteiger partial charge on any atom is 0.306 e. The van der Waals surface area contributed by atoms with E-state index in [0.717, 1.165) is 36.8 Å². The minimum Gasteiger partial charge on any atom is -0.496 e. The molecule has 1 aromatic carbocycles. The van der Waals surface area contributed by atoms with Crippen LogP contribution in [0.5, 0.6) is 11.5 Å². The van der Waals surface area contributed by atoms with Gasteiger partial charge in [0.15, 0.2) is 8.32 Å². The van der Waals surface area contributed by atoms with Gasteiger partial charge in [0.25, 0.3) is 0 Å². The number of carbonyl (C=O) groups is 1. The van der Waals surface area contributed by atoms with Gasteiger partial charge in [-0.15, -0.1) is 0 Å². The first-order valence-electron chi connectivity index (χ1n) is 11.2. The predicted molar refractivity (Wildman–Crippen MR) is 125 cm³/mol. The van der Waals surface area contributed by atoms with Crippen LogP contribution in [0.2, 0.25) is 18.1 Å². The fourth-order valence-corrected chi connectivity index (χ4v) is 5.07. The van der Waals surface area contributed by atoms with Crippen LogP contribution in [0.4, 0.5) is 0 Å². The first-order valence-corrected chi connectivity index (χ1v) is 14.1. The molecule has 0 radical (unpaired) electrons. The van der Waals surface area contributed by atoms with Gasteiger partial charge in [-0.2, -0.15) is 0 Å². The molecule has 7 heteroatoms. The molecule has 1 aliphatic carbocycles. The monoisotopic (exact) mass is 452 g/mol. The van der Waals surface area contributed by atoms with Gasteiger partial charge >= 0.3 is 5.97 Å². The molecule has 0 aliphatic heterocycles. The summed E-state index contributed by atoms with van der Waals surface area (Å²) in [6.07, 6.45) is 2.99. The number of hydrogen-bond acceptors (Lipinski definition) is 5. The second-order valence-electron chi connectivity index (χ2n) is 10.0. The minimum absolute atomic E-state index is 0.0365. The molecule has 1 aliphatic rings. The quantitative estimate of drug-likeness (QED) is 0.447. The smallest absolute Gasteiger partial charge is 0.306 e. The number of rotatable bonds is 10. The highest BCUT2D eigenvalue weighted by molar-refractivity contribution is 6.74. The Morgan fingerprint density at radius 2 is 1.65 bits per heavy atom. The Labute approximate surface area is 188 Å². The van der Waals surface area contributed by atoms with Crippen molar-refractivity contribution in [2.45, 2.75) is 96.2 Å². The number of aliphatic carboxylic acids is 1. The molecule has 2 rings (SSSR count). The average molecular weight is 453 g/mol. The summed E-state index contributed by atoms with van der Waals surface area (Å²) >= 11 is 0. The van der Waals surface area contributed by atoms with Gasteiger partial charge in [-0.3, -0.25) is 4.79 Å². The van der Waals surface area contributed by atoms with Gasteiger partial charge in [0.05, 0.1) is 39.0 Å². The van der Waals surface area contributed by atoms with Gasteiger partial charge in [-0.05, 0) is 55.6 Å². The zero-order chi connectivity index (χ0) is 23.4. The molecule has 0 heterocycles. The van der Waals surface area contributed by atoms with Crippen molar-refractivity contribution in [2.75, 3.05) is 14.2 Å². The third-order valence-corrected chi connectivity index (χ3v) is 11.2. The predicted octanol–water partition coefficient (Wildman–Crippen LogP) is 5.88. The van der Waals surface area contributed by atoms with E-state index in [1.54, 1.807) is 14.2 Å². The lowest BCUT2D eigenvalue weighted by molar-refractivity contribution is -0.145. The van der Waals surface area contributed by atoms with Crippen molar-refractivity contribution in [1.29, 1.82) is 0 Å². The molecule has 0 bridgehead atoms. The van der Waals surface area contributed by atoms with E-state index < -0.39 is 26.5 Å². The first-order chi connectivity index (χ1) is 14.4. The molecule has 176 valence electrons. The third-order valence-electron chi connectivity index (χ3n) is 6.71. The number of benzene rings is 1. The van der Waals surface area contributed by atoms with Gasteiger partial charge in [0, 0.05) is 5.56 Å². The molecule has 1 N–H and O–H groups in total. The van der Waals surface area contributed by atoms with Crippen LogP contribution in [-0.4, -0.2) is 45.8 Å². The number of methoxy groups -OCH3 is 2. The van der Waals surface area contributed by atoms with Crippen molar-refractivity contribution < 1.29 is 28.5 Å². The Morgan fingerprint density at radius 1 is 1.13 bits per heavy atom. The van der Waals surface area contributed by atoms with Gasteiger partial charge < -0.3 is 23.7 Å². The highest BCUT2D eigenvalue weighted by atomic mass is 28.4. The lowest BCUT2D eigenvalue weighted by Crippen LogP contribution is -2.45. The lowest BCUT2D eigenvalue weighted by atomic mass is 9.99. The molecule has 0 amide bonds. The fourth-order valence-electron chi connectivity index (χ4n) is 3.79. The maximum atomic E-state index is 11.8. The second-order valence-corrected chi connectivity index (χ2v) is 14.8. The topological polar surface area (TPSA) is 74.2 Å². The van der Waals surface area contributed by atoms with E-state index in [1.165, 1.54) is 0 Å². The molecule has 0 unspecified atom stereocenters. The second kappa shape index (κ2) is 10.4. The average Bonchev–Trinajstić information content (AvgIpc) is 3.18. The number of ether oxygens (including phenoxy) is 3. The zero-order valence-electron chi connectivity index (χ0n) is 20.4. The third kappa shape index (κ3) is 6.46. The van der Waals surface area contributed by atoms with E-state index >= 15 is 0 Å². The van der Waals surface area contributed by atoms with Gasteiger partial charge in [-0.1, -0.05) is 33.6 Å². The minimum atomic E-state index is -2.24. The first kappa shape index (κ1) is 25.7. The number of hydrogen-bond donors (Lipinski definition) is 1. The Morgan fingerprint density at radius 3 is 2.06 bits per heavy atom. The van der Waals surface area contributed by atoms with Crippen LogP contribution in [0.3, 0.4) is 0 Å². The molecular formula is C24H40O6Si. The Hall–Kier alpha value is -1.57. The molecule has 31 heavy (non-hydrogen) atoms. The van der Waals surface area contributed by atoms with E-state index in [2.05, 4.69) is 33.9 Å². The molecule has 1 saturated carbocycles. The van der Waals surface area contributed by atoms with Crippen molar-refractivity contribution >= 4 is 14.3 Å². The molecule has 1 aromatic rings. The maximum absolute atomic E-state index is 11.8. The SMILES string of the molecule is COc1cc([C@@H](O[Si](C)(C)C(C)(C)C)[C@H](CC(=O)O)OC2CCCC2)cc(OC)c1C. The molecule has 0 saturated heterocycles. The van der Waals surface area contributed by atoms with E-state index in [1.807, 2.05) is 19.1 Å². The van der Waals surface area contributed by atoms with Crippen molar-refractivity contribution in [3.8, 4) is 11.5 Å². The summed E-state index contributed by atoms with van der Waals surface area (Å²) in [5.74, 6) is 0.485. The molecule has 0 spiro atoms. The molecular weight excluding hydrogens is 412 g/mol. The van der Waals surface area contributed by atoms with Gasteiger partial charge in [-0.25, -0.2) is 0 Å². The largest absolute Gasteiger partial charge is 0.496 e. The Balaban J connectivity index is 2.56. The summed E-state index contributed by atoms with van der Waals surface area (Å²) in [4.78, 5) is 11.8. The van der Waals surface area contributed by atoms with Crippen LogP contribution < -0.4 is 9.47 Å². The van der Waals surface area contributed by atoms with Crippen molar-refractivity contribution in [3.63, 3.8) is 0 Å². The molecule has 2 atom stereocenters. The van der Waals surface area contributed by atoms with Crippen LogP contribution in [0.15, 0.2) is 12.1 Å². The summed E-state index contributed by atoms with van der Waals surface area (Å²) in [7, 11) is 1.00. The zero-order valence-corrected chi connectivity index (χ0v) is 21.4. The summed E-state index contributed by atoms with van der Waals surface area (Å²) in [5.41, 5.74) is 1.72. The summed E-state index contributed by atoms with van der Waals surface area (Å²) < 4.78 is 24.4. The Kier molecular flexibility index (Phi) is 8.59. The van der Waals surface area contributed by atoms with Crippen molar-refractivity contribution in [2.24, 2.45) is 0 Å².